The van der Waals surface area contributed by atoms with Crippen LogP contribution in [-0.2, 0) is 9.53 Å². The van der Waals surface area contributed by atoms with E-state index < -0.39 is 12.0 Å². The SMILES string of the molecule is CCCC1=C(C(=O)OCC)[C@H](c2ccc3c(c2)OCO3)n2c(s/c(=C\c3ccc(OC(C)C)c(OCC)c3)c2=O)=N1. The van der Waals surface area contributed by atoms with Crippen LogP contribution in [0.5, 0.6) is 23.0 Å². The number of allylic oxidation sites excluding steroid dienone is 1. The van der Waals surface area contributed by atoms with Gasteiger partial charge >= 0.3 is 5.97 Å². The lowest BCUT2D eigenvalue weighted by atomic mass is 9.94. The lowest BCUT2D eigenvalue weighted by Gasteiger charge is -2.25. The van der Waals surface area contributed by atoms with Crippen LogP contribution in [0.15, 0.2) is 57.5 Å². The number of nitrogens with zero attached hydrogens (tertiary/aromatic N) is 2. The first-order chi connectivity index (χ1) is 19.8. The van der Waals surface area contributed by atoms with Crippen LogP contribution >= 0.6 is 11.3 Å². The second-order valence-corrected chi connectivity index (χ2v) is 10.8. The highest BCUT2D eigenvalue weighted by molar-refractivity contribution is 7.07. The predicted molar refractivity (Wildman–Crippen MR) is 156 cm³/mol. The smallest absolute Gasteiger partial charge is 0.338 e. The summed E-state index contributed by atoms with van der Waals surface area (Å²) in [5, 5.41) is 0. The Morgan fingerprint density at radius 1 is 1.10 bits per heavy atom. The number of carbonyl (C=O) groups excluding carboxylic acids is 1. The number of thiazole rings is 1. The summed E-state index contributed by atoms with van der Waals surface area (Å²) in [4.78, 5) is 32.8. The maximum Gasteiger partial charge on any atom is 0.338 e. The molecular weight excluding hydrogens is 544 g/mol. The van der Waals surface area contributed by atoms with E-state index in [-0.39, 0.29) is 25.1 Å². The molecule has 0 radical (unpaired) electrons. The van der Waals surface area contributed by atoms with Crippen LogP contribution in [0.25, 0.3) is 6.08 Å². The summed E-state index contributed by atoms with van der Waals surface area (Å²) < 4.78 is 30.4. The van der Waals surface area contributed by atoms with Gasteiger partial charge in [-0.25, -0.2) is 9.79 Å². The molecule has 3 heterocycles. The maximum absolute atomic E-state index is 14.0. The summed E-state index contributed by atoms with van der Waals surface area (Å²) in [7, 11) is 0. The summed E-state index contributed by atoms with van der Waals surface area (Å²) in [6, 6.07) is 10.3. The van der Waals surface area contributed by atoms with Gasteiger partial charge in [-0.1, -0.05) is 36.8 Å². The summed E-state index contributed by atoms with van der Waals surface area (Å²) in [5.74, 6) is 1.95. The number of benzene rings is 2. The molecule has 2 aliphatic rings. The quantitative estimate of drug-likeness (QED) is 0.327. The van der Waals surface area contributed by atoms with Crippen molar-refractivity contribution in [1.29, 1.82) is 0 Å². The van der Waals surface area contributed by atoms with Crippen LogP contribution in [0.4, 0.5) is 0 Å². The molecule has 0 unspecified atom stereocenters. The zero-order chi connectivity index (χ0) is 29.1. The number of hydrogen-bond acceptors (Lipinski definition) is 9. The van der Waals surface area contributed by atoms with Gasteiger partial charge in [0.05, 0.1) is 41.2 Å². The van der Waals surface area contributed by atoms with Gasteiger partial charge in [0.2, 0.25) is 6.79 Å². The molecular formula is C31H34N2O7S. The first-order valence-electron chi connectivity index (χ1n) is 13.9. The second-order valence-electron chi connectivity index (χ2n) is 9.83. The Labute approximate surface area is 242 Å². The van der Waals surface area contributed by atoms with Crippen LogP contribution in [0.2, 0.25) is 0 Å². The van der Waals surface area contributed by atoms with Crippen LogP contribution in [0.3, 0.4) is 0 Å². The van der Waals surface area contributed by atoms with Crippen molar-refractivity contribution in [2.24, 2.45) is 4.99 Å². The molecule has 0 bridgehead atoms. The Balaban J connectivity index is 1.69. The molecule has 0 saturated heterocycles. The Hall–Kier alpha value is -4.05. The van der Waals surface area contributed by atoms with E-state index in [1.165, 1.54) is 11.3 Å². The molecule has 2 aliphatic heterocycles. The molecule has 3 aromatic rings. The Morgan fingerprint density at radius 2 is 1.90 bits per heavy atom. The molecule has 1 aromatic heterocycles. The Kier molecular flexibility index (Phi) is 8.49. The summed E-state index contributed by atoms with van der Waals surface area (Å²) in [6.45, 7) is 10.4. The molecule has 1 atom stereocenters. The molecule has 5 rings (SSSR count). The van der Waals surface area contributed by atoms with Crippen LogP contribution in [0, 0.1) is 0 Å². The van der Waals surface area contributed by atoms with E-state index in [2.05, 4.69) is 0 Å². The van der Waals surface area contributed by atoms with E-state index in [1.807, 2.05) is 64.1 Å². The third-order valence-corrected chi connectivity index (χ3v) is 7.52. The van der Waals surface area contributed by atoms with Gasteiger partial charge < -0.3 is 23.7 Å². The molecule has 0 saturated carbocycles. The minimum Gasteiger partial charge on any atom is -0.490 e. The molecule has 0 N–H and O–H groups in total. The zero-order valence-electron chi connectivity index (χ0n) is 23.9. The van der Waals surface area contributed by atoms with Crippen molar-refractivity contribution in [2.75, 3.05) is 20.0 Å². The molecule has 41 heavy (non-hydrogen) atoms. The molecule has 0 amide bonds. The molecule has 9 nitrogen and oxygen atoms in total. The van der Waals surface area contributed by atoms with Crippen LogP contribution in [-0.4, -0.2) is 36.6 Å². The van der Waals surface area contributed by atoms with Crippen molar-refractivity contribution >= 4 is 23.4 Å². The fourth-order valence-electron chi connectivity index (χ4n) is 4.90. The minimum atomic E-state index is -0.732. The molecule has 0 spiro atoms. The van der Waals surface area contributed by atoms with Gasteiger partial charge in [0.15, 0.2) is 27.8 Å². The molecule has 2 aromatic carbocycles. The summed E-state index contributed by atoms with van der Waals surface area (Å²) >= 11 is 1.29. The third kappa shape index (κ3) is 5.74. The second kappa shape index (κ2) is 12.2. The van der Waals surface area contributed by atoms with Gasteiger partial charge in [0.25, 0.3) is 5.56 Å². The summed E-state index contributed by atoms with van der Waals surface area (Å²) in [5.41, 5.74) is 2.22. The van der Waals surface area contributed by atoms with Gasteiger partial charge in [0.1, 0.15) is 0 Å². The van der Waals surface area contributed by atoms with E-state index in [0.717, 1.165) is 12.0 Å². The number of fused-ring (bicyclic) bond motifs is 2. The first-order valence-corrected chi connectivity index (χ1v) is 14.7. The van der Waals surface area contributed by atoms with Crippen LogP contribution < -0.4 is 33.8 Å². The first kappa shape index (κ1) is 28.5. The monoisotopic (exact) mass is 578 g/mol. The fraction of sp³-hybridized carbons (Fsp3) is 0.387. The third-order valence-electron chi connectivity index (χ3n) is 6.53. The Morgan fingerprint density at radius 3 is 2.63 bits per heavy atom. The normalized spacial score (nSPS) is 16.0. The highest BCUT2D eigenvalue weighted by Gasteiger charge is 2.35. The van der Waals surface area contributed by atoms with Gasteiger partial charge in [-0.05, 0) is 75.6 Å². The standard InChI is InChI=1S/C31H34N2O7S/c1-6-9-21-27(30(35)37-8-3)28(20-11-13-22-25(16-20)39-17-38-22)33-29(34)26(41-31(33)32-21)15-19-10-12-23(40-18(4)5)24(14-19)36-7-2/h10-16,18,28H,6-9,17H2,1-5H3/b26-15-/t28-/m0/s1. The van der Waals surface area contributed by atoms with E-state index in [9.17, 15) is 9.59 Å². The van der Waals surface area contributed by atoms with Crippen molar-refractivity contribution in [3.05, 3.63) is 78.5 Å². The van der Waals surface area contributed by atoms with E-state index in [4.69, 9.17) is 28.7 Å². The number of rotatable bonds is 10. The number of ether oxygens (including phenoxy) is 5. The van der Waals surface area contributed by atoms with E-state index in [0.29, 0.717) is 62.2 Å². The predicted octanol–water partition coefficient (Wildman–Crippen LogP) is 4.49. The fourth-order valence-corrected chi connectivity index (χ4v) is 5.92. The number of carbonyl (C=O) groups is 1. The van der Waals surface area contributed by atoms with E-state index in [1.54, 1.807) is 17.6 Å². The topological polar surface area (TPSA) is 97.6 Å². The average Bonchev–Trinajstić information content (AvgIpc) is 3.53. The molecule has 0 aliphatic carbocycles. The van der Waals surface area contributed by atoms with Gasteiger partial charge in [-0.2, -0.15) is 0 Å². The maximum atomic E-state index is 14.0. The molecule has 0 fully saturated rings. The molecule has 10 heteroatoms. The van der Waals surface area contributed by atoms with Gasteiger partial charge in [0, 0.05) is 0 Å². The van der Waals surface area contributed by atoms with Crippen molar-refractivity contribution < 1.29 is 28.5 Å². The highest BCUT2D eigenvalue weighted by atomic mass is 32.1. The van der Waals surface area contributed by atoms with Crippen molar-refractivity contribution in [3.8, 4) is 23.0 Å². The van der Waals surface area contributed by atoms with Gasteiger partial charge in [-0.3, -0.25) is 9.36 Å². The number of aromatic nitrogens is 1. The average molecular weight is 579 g/mol. The largest absolute Gasteiger partial charge is 0.490 e. The van der Waals surface area contributed by atoms with Crippen molar-refractivity contribution in [3.63, 3.8) is 0 Å². The van der Waals surface area contributed by atoms with Crippen molar-refractivity contribution in [1.82, 2.24) is 4.57 Å². The van der Waals surface area contributed by atoms with Gasteiger partial charge in [-0.15, -0.1) is 0 Å². The Bertz CT molecular complexity index is 1670. The lowest BCUT2D eigenvalue weighted by Crippen LogP contribution is -2.40. The number of esters is 1. The lowest BCUT2D eigenvalue weighted by molar-refractivity contribution is -0.139. The molecule has 216 valence electrons. The van der Waals surface area contributed by atoms with E-state index >= 15 is 0 Å². The summed E-state index contributed by atoms with van der Waals surface area (Å²) in [6.07, 6.45) is 3.14. The minimum absolute atomic E-state index is 0.00849. The zero-order valence-corrected chi connectivity index (χ0v) is 24.7. The number of hydrogen-bond donors (Lipinski definition) is 0. The highest BCUT2D eigenvalue weighted by Crippen LogP contribution is 2.39. The van der Waals surface area contributed by atoms with Crippen LogP contribution in [0.1, 0.15) is 64.6 Å². The van der Waals surface area contributed by atoms with Crippen molar-refractivity contribution in [2.45, 2.75) is 59.6 Å².